The first-order valence-corrected chi connectivity index (χ1v) is 6.77. The number of fused-ring (bicyclic) bond motifs is 1. The summed E-state index contributed by atoms with van der Waals surface area (Å²) in [6, 6.07) is 8.43. The van der Waals surface area contributed by atoms with E-state index in [0.717, 1.165) is 24.7 Å². The van der Waals surface area contributed by atoms with Crippen LogP contribution in [0.5, 0.6) is 0 Å². The molecule has 0 atom stereocenters. The number of benzene rings is 1. The molecular formula is C15H14N2O3. The van der Waals surface area contributed by atoms with E-state index in [2.05, 4.69) is 22.2 Å². The molecule has 0 unspecified atom stereocenters. The first-order chi connectivity index (χ1) is 9.70. The molecule has 0 spiro atoms. The maximum atomic E-state index is 10.8. The summed E-state index contributed by atoms with van der Waals surface area (Å²) in [4.78, 5) is 13.3. The van der Waals surface area contributed by atoms with E-state index in [1.165, 1.54) is 30.0 Å². The van der Waals surface area contributed by atoms with Gasteiger partial charge in [-0.2, -0.15) is 0 Å². The lowest BCUT2D eigenvalue weighted by Gasteiger charge is -2.11. The normalized spacial score (nSPS) is 18.2. The van der Waals surface area contributed by atoms with E-state index >= 15 is 0 Å². The van der Waals surface area contributed by atoms with Gasteiger partial charge in [0.1, 0.15) is 5.69 Å². The van der Waals surface area contributed by atoms with E-state index in [4.69, 9.17) is 9.63 Å². The molecule has 1 N–H and O–H groups in total. The van der Waals surface area contributed by atoms with E-state index in [-0.39, 0.29) is 5.76 Å². The summed E-state index contributed by atoms with van der Waals surface area (Å²) < 4.78 is 4.81. The summed E-state index contributed by atoms with van der Waals surface area (Å²) in [5, 5.41) is 12.7. The smallest absolute Gasteiger partial charge is 0.374 e. The minimum Gasteiger partial charge on any atom is -0.475 e. The number of carboxylic acids is 1. The van der Waals surface area contributed by atoms with Crippen LogP contribution in [0.25, 0.3) is 11.3 Å². The van der Waals surface area contributed by atoms with E-state index < -0.39 is 5.97 Å². The van der Waals surface area contributed by atoms with E-state index in [1.807, 2.05) is 6.07 Å². The lowest BCUT2D eigenvalue weighted by atomic mass is 10.0. The molecule has 2 heterocycles. The molecule has 1 aromatic carbocycles. The third-order valence-electron chi connectivity index (χ3n) is 4.03. The summed E-state index contributed by atoms with van der Waals surface area (Å²) in [7, 11) is 0. The Bertz CT molecular complexity index is 688. The monoisotopic (exact) mass is 270 g/mol. The van der Waals surface area contributed by atoms with Gasteiger partial charge < -0.3 is 9.63 Å². The van der Waals surface area contributed by atoms with Crippen LogP contribution in [-0.2, 0) is 13.1 Å². The Labute approximate surface area is 115 Å². The third-order valence-corrected chi connectivity index (χ3v) is 4.03. The molecule has 5 heteroatoms. The Kier molecular flexibility index (Phi) is 2.44. The molecule has 2 aromatic rings. The van der Waals surface area contributed by atoms with Gasteiger partial charge in [0, 0.05) is 30.8 Å². The number of nitrogens with zero attached hydrogens (tertiary/aromatic N) is 2. The quantitative estimate of drug-likeness (QED) is 0.928. The van der Waals surface area contributed by atoms with Crippen molar-refractivity contribution in [1.29, 1.82) is 0 Å². The van der Waals surface area contributed by atoms with E-state index in [1.54, 1.807) is 0 Å². The molecule has 1 saturated carbocycles. The minimum absolute atomic E-state index is 0.125. The Balaban J connectivity index is 1.64. The fourth-order valence-corrected chi connectivity index (χ4v) is 2.79. The van der Waals surface area contributed by atoms with Crippen molar-refractivity contribution in [2.24, 2.45) is 0 Å². The number of carboxylic acid groups (broad SMARTS) is 1. The Hall–Kier alpha value is -2.14. The standard InChI is InChI=1S/C15H14N2O3/c18-15(19)14-6-13(16-20-14)9-1-2-10-7-17(12-3-4-12)8-11(10)5-9/h1-2,5-6,12H,3-4,7-8H2,(H,18,19). The average molecular weight is 270 g/mol. The number of aromatic nitrogens is 1. The predicted octanol–water partition coefficient (Wildman–Crippen LogP) is 2.52. The van der Waals surface area contributed by atoms with Crippen LogP contribution in [0.15, 0.2) is 28.8 Å². The second-order valence-electron chi connectivity index (χ2n) is 5.50. The fourth-order valence-electron chi connectivity index (χ4n) is 2.79. The van der Waals surface area contributed by atoms with E-state index in [9.17, 15) is 4.79 Å². The van der Waals surface area contributed by atoms with Crippen molar-refractivity contribution in [2.75, 3.05) is 0 Å². The van der Waals surface area contributed by atoms with Gasteiger partial charge in [0.2, 0.25) is 5.76 Å². The number of hydrogen-bond acceptors (Lipinski definition) is 4. The molecule has 0 radical (unpaired) electrons. The molecule has 0 bridgehead atoms. The van der Waals surface area contributed by atoms with Crippen molar-refractivity contribution in [3.8, 4) is 11.3 Å². The lowest BCUT2D eigenvalue weighted by molar-refractivity contribution is 0.0652. The number of hydrogen-bond donors (Lipinski definition) is 1. The van der Waals surface area contributed by atoms with Gasteiger partial charge in [-0.05, 0) is 30.0 Å². The Morgan fingerprint density at radius 2 is 2.05 bits per heavy atom. The molecule has 0 saturated heterocycles. The van der Waals surface area contributed by atoms with Crippen LogP contribution in [-0.4, -0.2) is 27.2 Å². The van der Waals surface area contributed by atoms with Crippen LogP contribution in [0.1, 0.15) is 34.5 Å². The highest BCUT2D eigenvalue weighted by atomic mass is 16.5. The van der Waals surface area contributed by atoms with Gasteiger partial charge in [-0.15, -0.1) is 0 Å². The number of rotatable bonds is 3. The number of aromatic carboxylic acids is 1. The first kappa shape index (κ1) is 11.7. The highest BCUT2D eigenvalue weighted by Gasteiger charge is 2.33. The highest BCUT2D eigenvalue weighted by Crippen LogP contribution is 2.35. The first-order valence-electron chi connectivity index (χ1n) is 6.77. The van der Waals surface area contributed by atoms with Gasteiger partial charge in [0.15, 0.2) is 0 Å². The summed E-state index contributed by atoms with van der Waals surface area (Å²) >= 11 is 0. The molecular weight excluding hydrogens is 256 g/mol. The second kappa shape index (κ2) is 4.18. The highest BCUT2D eigenvalue weighted by molar-refractivity contribution is 5.85. The van der Waals surface area contributed by atoms with Gasteiger partial charge >= 0.3 is 5.97 Å². The summed E-state index contributed by atoms with van der Waals surface area (Å²) in [6.45, 7) is 2.01. The van der Waals surface area contributed by atoms with Gasteiger partial charge in [-0.3, -0.25) is 4.90 Å². The van der Waals surface area contributed by atoms with Crippen LogP contribution < -0.4 is 0 Å². The third kappa shape index (κ3) is 1.91. The van der Waals surface area contributed by atoms with Crippen LogP contribution >= 0.6 is 0 Å². The zero-order chi connectivity index (χ0) is 13.7. The molecule has 1 fully saturated rings. The molecule has 4 rings (SSSR count). The van der Waals surface area contributed by atoms with Gasteiger partial charge in [0.25, 0.3) is 0 Å². The van der Waals surface area contributed by atoms with Gasteiger partial charge in [-0.25, -0.2) is 4.79 Å². The van der Waals surface area contributed by atoms with Crippen molar-refractivity contribution in [1.82, 2.24) is 10.1 Å². The molecule has 20 heavy (non-hydrogen) atoms. The second-order valence-corrected chi connectivity index (χ2v) is 5.50. The Morgan fingerprint density at radius 3 is 2.75 bits per heavy atom. The Morgan fingerprint density at radius 1 is 1.25 bits per heavy atom. The maximum absolute atomic E-state index is 10.8. The van der Waals surface area contributed by atoms with Crippen LogP contribution in [0.4, 0.5) is 0 Å². The van der Waals surface area contributed by atoms with Crippen molar-refractivity contribution in [2.45, 2.75) is 32.0 Å². The molecule has 0 amide bonds. The number of carbonyl (C=O) groups is 1. The molecule has 5 nitrogen and oxygen atoms in total. The largest absolute Gasteiger partial charge is 0.475 e. The zero-order valence-electron chi connectivity index (χ0n) is 10.9. The zero-order valence-corrected chi connectivity index (χ0v) is 10.9. The van der Waals surface area contributed by atoms with Gasteiger partial charge in [0.05, 0.1) is 0 Å². The van der Waals surface area contributed by atoms with Crippen molar-refractivity contribution in [3.63, 3.8) is 0 Å². The summed E-state index contributed by atoms with van der Waals surface area (Å²) in [5.74, 6) is -1.22. The average Bonchev–Trinajstić information content (AvgIpc) is 3.02. The minimum atomic E-state index is -1.09. The van der Waals surface area contributed by atoms with Crippen LogP contribution in [0, 0.1) is 0 Å². The summed E-state index contributed by atoms with van der Waals surface area (Å²) in [6.07, 6.45) is 2.62. The van der Waals surface area contributed by atoms with Crippen LogP contribution in [0.2, 0.25) is 0 Å². The fraction of sp³-hybridized carbons (Fsp3) is 0.333. The molecule has 1 aliphatic heterocycles. The molecule has 1 aliphatic carbocycles. The van der Waals surface area contributed by atoms with Gasteiger partial charge in [-0.1, -0.05) is 17.3 Å². The summed E-state index contributed by atoms with van der Waals surface area (Å²) in [5.41, 5.74) is 4.17. The van der Waals surface area contributed by atoms with Crippen LogP contribution in [0.3, 0.4) is 0 Å². The molecule has 1 aromatic heterocycles. The molecule has 102 valence electrons. The van der Waals surface area contributed by atoms with Crippen molar-refractivity contribution in [3.05, 3.63) is 41.2 Å². The lowest BCUT2D eigenvalue weighted by Crippen LogP contribution is -2.18. The van der Waals surface area contributed by atoms with Crippen molar-refractivity contribution >= 4 is 5.97 Å². The molecule has 2 aliphatic rings. The topological polar surface area (TPSA) is 66.6 Å². The van der Waals surface area contributed by atoms with E-state index in [0.29, 0.717) is 5.69 Å². The predicted molar refractivity (Wildman–Crippen MR) is 71.2 cm³/mol. The maximum Gasteiger partial charge on any atom is 0.374 e. The SMILES string of the molecule is O=C(O)c1cc(-c2ccc3c(c2)CN(C2CC2)C3)no1. The van der Waals surface area contributed by atoms with Crippen molar-refractivity contribution < 1.29 is 14.4 Å².